The fraction of sp³-hybridized carbons (Fsp3) is 0.353. The van der Waals surface area contributed by atoms with Crippen LogP contribution in [0.3, 0.4) is 0 Å². The SMILES string of the molecule is CCN(CC(O)c1ccc(C)cc1)C(=O)c1cccn1C. The summed E-state index contributed by atoms with van der Waals surface area (Å²) in [4.78, 5) is 14.1. The third kappa shape index (κ3) is 3.52. The highest BCUT2D eigenvalue weighted by molar-refractivity contribution is 5.92. The van der Waals surface area contributed by atoms with Gasteiger partial charge in [-0.3, -0.25) is 4.79 Å². The average molecular weight is 286 g/mol. The van der Waals surface area contributed by atoms with Gasteiger partial charge >= 0.3 is 0 Å². The Morgan fingerprint density at radius 2 is 1.95 bits per heavy atom. The molecule has 21 heavy (non-hydrogen) atoms. The van der Waals surface area contributed by atoms with Crippen LogP contribution in [-0.2, 0) is 7.05 Å². The van der Waals surface area contributed by atoms with Crippen molar-refractivity contribution in [3.63, 3.8) is 0 Å². The first-order chi connectivity index (χ1) is 10.0. The van der Waals surface area contributed by atoms with Crippen molar-refractivity contribution in [1.82, 2.24) is 9.47 Å². The normalized spacial score (nSPS) is 12.2. The summed E-state index contributed by atoms with van der Waals surface area (Å²) in [6.07, 6.45) is 1.17. The van der Waals surface area contributed by atoms with Gasteiger partial charge in [-0.15, -0.1) is 0 Å². The molecule has 0 radical (unpaired) electrons. The summed E-state index contributed by atoms with van der Waals surface area (Å²) >= 11 is 0. The average Bonchev–Trinajstić information content (AvgIpc) is 2.90. The number of aryl methyl sites for hydroxylation is 2. The second kappa shape index (κ2) is 6.59. The molecule has 0 aliphatic rings. The Morgan fingerprint density at radius 3 is 2.48 bits per heavy atom. The largest absolute Gasteiger partial charge is 0.387 e. The van der Waals surface area contributed by atoms with E-state index in [2.05, 4.69) is 0 Å². The summed E-state index contributed by atoms with van der Waals surface area (Å²) in [5.74, 6) is -0.0591. The van der Waals surface area contributed by atoms with E-state index in [0.717, 1.165) is 11.1 Å². The van der Waals surface area contributed by atoms with Crippen molar-refractivity contribution in [3.05, 3.63) is 59.4 Å². The number of aromatic nitrogens is 1. The highest BCUT2D eigenvalue weighted by Gasteiger charge is 2.20. The number of carbonyl (C=O) groups is 1. The van der Waals surface area contributed by atoms with Gasteiger partial charge in [-0.1, -0.05) is 29.8 Å². The molecule has 1 unspecified atom stereocenters. The van der Waals surface area contributed by atoms with Crippen molar-refractivity contribution in [1.29, 1.82) is 0 Å². The number of aliphatic hydroxyl groups excluding tert-OH is 1. The Labute approximate surface area is 125 Å². The number of hydrogen-bond acceptors (Lipinski definition) is 2. The molecule has 0 bridgehead atoms. The van der Waals surface area contributed by atoms with Crippen LogP contribution in [-0.4, -0.2) is 33.6 Å². The van der Waals surface area contributed by atoms with Crippen molar-refractivity contribution in [3.8, 4) is 0 Å². The molecule has 0 aliphatic heterocycles. The number of nitrogens with zero attached hydrogens (tertiary/aromatic N) is 2. The van der Waals surface area contributed by atoms with Crippen LogP contribution < -0.4 is 0 Å². The molecule has 0 fully saturated rings. The topological polar surface area (TPSA) is 45.5 Å². The fourth-order valence-corrected chi connectivity index (χ4v) is 2.30. The zero-order chi connectivity index (χ0) is 15.4. The fourth-order valence-electron chi connectivity index (χ4n) is 2.30. The van der Waals surface area contributed by atoms with E-state index >= 15 is 0 Å². The van der Waals surface area contributed by atoms with Crippen LogP contribution in [0.5, 0.6) is 0 Å². The zero-order valence-electron chi connectivity index (χ0n) is 12.8. The second-order valence-corrected chi connectivity index (χ2v) is 5.27. The lowest BCUT2D eigenvalue weighted by molar-refractivity contribution is 0.0626. The standard InChI is InChI=1S/C17H22N2O2/c1-4-19(17(21)15-6-5-11-18(15)3)12-16(20)14-9-7-13(2)8-10-14/h5-11,16,20H,4,12H2,1-3H3. The Hall–Kier alpha value is -2.07. The van der Waals surface area contributed by atoms with E-state index in [1.54, 1.807) is 15.5 Å². The lowest BCUT2D eigenvalue weighted by Crippen LogP contribution is -2.35. The molecule has 0 spiro atoms. The predicted octanol–water partition coefficient (Wildman–Crippen LogP) is 2.53. The van der Waals surface area contributed by atoms with Gasteiger partial charge < -0.3 is 14.6 Å². The summed E-state index contributed by atoms with van der Waals surface area (Å²) in [5, 5.41) is 10.3. The van der Waals surface area contributed by atoms with Gasteiger partial charge in [-0.05, 0) is 31.5 Å². The minimum Gasteiger partial charge on any atom is -0.387 e. The molecule has 1 heterocycles. The maximum absolute atomic E-state index is 12.5. The first kappa shape index (κ1) is 15.3. The van der Waals surface area contributed by atoms with E-state index in [-0.39, 0.29) is 5.91 Å². The van der Waals surface area contributed by atoms with Crippen LogP contribution in [0.15, 0.2) is 42.6 Å². The summed E-state index contributed by atoms with van der Waals surface area (Å²) in [6, 6.07) is 11.4. The van der Waals surface area contributed by atoms with Crippen molar-refractivity contribution >= 4 is 5.91 Å². The predicted molar refractivity (Wildman–Crippen MR) is 83.1 cm³/mol. The molecule has 1 amide bonds. The highest BCUT2D eigenvalue weighted by atomic mass is 16.3. The van der Waals surface area contributed by atoms with Crippen LogP contribution in [0.1, 0.15) is 34.6 Å². The Morgan fingerprint density at radius 1 is 1.29 bits per heavy atom. The van der Waals surface area contributed by atoms with Crippen molar-refractivity contribution in [2.24, 2.45) is 7.05 Å². The summed E-state index contributed by atoms with van der Waals surface area (Å²) in [6.45, 7) is 4.78. The van der Waals surface area contributed by atoms with Gasteiger partial charge in [0.2, 0.25) is 0 Å². The van der Waals surface area contributed by atoms with E-state index in [4.69, 9.17) is 0 Å². The molecule has 0 saturated heterocycles. The molecule has 1 atom stereocenters. The number of aliphatic hydroxyl groups is 1. The van der Waals surface area contributed by atoms with Gasteiger partial charge in [0.1, 0.15) is 5.69 Å². The van der Waals surface area contributed by atoms with Gasteiger partial charge in [0.15, 0.2) is 0 Å². The number of carbonyl (C=O) groups excluding carboxylic acids is 1. The Bertz CT molecular complexity index is 602. The zero-order valence-corrected chi connectivity index (χ0v) is 12.8. The van der Waals surface area contributed by atoms with Gasteiger partial charge in [0.25, 0.3) is 5.91 Å². The van der Waals surface area contributed by atoms with E-state index < -0.39 is 6.10 Å². The number of likely N-dealkylation sites (N-methyl/N-ethyl adjacent to an activating group) is 1. The lowest BCUT2D eigenvalue weighted by Gasteiger charge is -2.24. The third-order valence-corrected chi connectivity index (χ3v) is 3.69. The third-order valence-electron chi connectivity index (χ3n) is 3.69. The number of rotatable bonds is 5. The van der Waals surface area contributed by atoms with Gasteiger partial charge in [0, 0.05) is 19.8 Å². The number of hydrogen-bond donors (Lipinski definition) is 1. The Kier molecular flexibility index (Phi) is 4.81. The summed E-state index contributed by atoms with van der Waals surface area (Å²) in [5.41, 5.74) is 2.62. The van der Waals surface area contributed by atoms with Crippen LogP contribution in [0.4, 0.5) is 0 Å². The van der Waals surface area contributed by atoms with Gasteiger partial charge in [0.05, 0.1) is 12.6 Å². The van der Waals surface area contributed by atoms with E-state index in [9.17, 15) is 9.90 Å². The molecule has 2 aromatic rings. The molecule has 0 saturated carbocycles. The molecular formula is C17H22N2O2. The quantitative estimate of drug-likeness (QED) is 0.918. The summed E-state index contributed by atoms with van der Waals surface area (Å²) < 4.78 is 1.79. The smallest absolute Gasteiger partial charge is 0.270 e. The molecule has 1 N–H and O–H groups in total. The van der Waals surface area contributed by atoms with Crippen LogP contribution in [0.25, 0.3) is 0 Å². The molecule has 4 heteroatoms. The molecule has 0 aliphatic carbocycles. The number of benzene rings is 1. The lowest BCUT2D eigenvalue weighted by atomic mass is 10.1. The van der Waals surface area contributed by atoms with Crippen LogP contribution in [0, 0.1) is 6.92 Å². The first-order valence-corrected chi connectivity index (χ1v) is 7.18. The van der Waals surface area contributed by atoms with Crippen molar-refractivity contribution in [2.75, 3.05) is 13.1 Å². The Balaban J connectivity index is 2.10. The van der Waals surface area contributed by atoms with Gasteiger partial charge in [-0.2, -0.15) is 0 Å². The number of amides is 1. The molecule has 112 valence electrons. The van der Waals surface area contributed by atoms with E-state index in [1.165, 1.54) is 0 Å². The van der Waals surface area contributed by atoms with Crippen molar-refractivity contribution < 1.29 is 9.90 Å². The van der Waals surface area contributed by atoms with E-state index in [0.29, 0.717) is 18.8 Å². The molecule has 1 aromatic carbocycles. The highest BCUT2D eigenvalue weighted by Crippen LogP contribution is 2.16. The monoisotopic (exact) mass is 286 g/mol. The van der Waals surface area contributed by atoms with Gasteiger partial charge in [-0.25, -0.2) is 0 Å². The maximum Gasteiger partial charge on any atom is 0.270 e. The molecular weight excluding hydrogens is 264 g/mol. The van der Waals surface area contributed by atoms with Crippen molar-refractivity contribution in [2.45, 2.75) is 20.0 Å². The molecule has 2 rings (SSSR count). The molecule has 1 aromatic heterocycles. The van der Waals surface area contributed by atoms with E-state index in [1.807, 2.05) is 57.4 Å². The van der Waals surface area contributed by atoms with Crippen LogP contribution in [0.2, 0.25) is 0 Å². The minimum atomic E-state index is -0.672. The first-order valence-electron chi connectivity index (χ1n) is 7.18. The summed E-state index contributed by atoms with van der Waals surface area (Å²) in [7, 11) is 1.84. The van der Waals surface area contributed by atoms with Crippen LogP contribution >= 0.6 is 0 Å². The minimum absolute atomic E-state index is 0.0591. The second-order valence-electron chi connectivity index (χ2n) is 5.27. The molecule has 4 nitrogen and oxygen atoms in total. The maximum atomic E-state index is 12.5.